The first-order chi connectivity index (χ1) is 14.3. The standard InChI is InChI=1S/C21H19F2N3O3S/c1-12(24-19(28)15-6-4-3-5-7-15)18(27)26-21-25-17(13(2)30-21)14-8-10-16(11-9-14)29-20(22)23/h3-12,20H,1-2H3,(H,24,28)(H,25,26,27). The second-order valence-electron chi connectivity index (χ2n) is 6.38. The molecule has 1 aromatic heterocycles. The molecule has 3 rings (SSSR count). The Morgan fingerprint density at radius 2 is 1.73 bits per heavy atom. The lowest BCUT2D eigenvalue weighted by atomic mass is 10.1. The summed E-state index contributed by atoms with van der Waals surface area (Å²) in [6, 6.07) is 13.9. The molecular formula is C21H19F2N3O3S. The highest BCUT2D eigenvalue weighted by atomic mass is 32.1. The number of anilines is 1. The van der Waals surface area contributed by atoms with E-state index in [0.29, 0.717) is 22.0 Å². The van der Waals surface area contributed by atoms with Gasteiger partial charge in [-0.1, -0.05) is 18.2 Å². The molecule has 0 radical (unpaired) electrons. The maximum atomic E-state index is 12.4. The van der Waals surface area contributed by atoms with Crippen LogP contribution >= 0.6 is 11.3 Å². The van der Waals surface area contributed by atoms with E-state index < -0.39 is 18.6 Å². The highest BCUT2D eigenvalue weighted by Crippen LogP contribution is 2.31. The number of rotatable bonds is 7. The van der Waals surface area contributed by atoms with Gasteiger partial charge in [-0.2, -0.15) is 8.78 Å². The molecular weight excluding hydrogens is 412 g/mol. The first-order valence-corrected chi connectivity index (χ1v) is 9.84. The molecule has 0 saturated heterocycles. The van der Waals surface area contributed by atoms with E-state index in [2.05, 4.69) is 20.4 Å². The number of alkyl halides is 2. The topological polar surface area (TPSA) is 80.3 Å². The van der Waals surface area contributed by atoms with E-state index in [1.165, 1.54) is 23.5 Å². The van der Waals surface area contributed by atoms with Gasteiger partial charge in [-0.3, -0.25) is 9.59 Å². The zero-order valence-corrected chi connectivity index (χ0v) is 17.0. The van der Waals surface area contributed by atoms with Crippen molar-refractivity contribution in [2.45, 2.75) is 26.5 Å². The molecule has 1 heterocycles. The fraction of sp³-hybridized carbons (Fsp3) is 0.190. The summed E-state index contributed by atoms with van der Waals surface area (Å²) >= 11 is 1.28. The van der Waals surface area contributed by atoms with Gasteiger partial charge >= 0.3 is 6.61 Å². The summed E-state index contributed by atoms with van der Waals surface area (Å²) in [6.45, 7) is 0.537. The molecule has 1 unspecified atom stereocenters. The molecule has 2 N–H and O–H groups in total. The summed E-state index contributed by atoms with van der Waals surface area (Å²) in [4.78, 5) is 29.9. The molecule has 0 aliphatic rings. The third-order valence-corrected chi connectivity index (χ3v) is 5.04. The van der Waals surface area contributed by atoms with Crippen molar-refractivity contribution in [2.24, 2.45) is 0 Å². The third-order valence-electron chi connectivity index (χ3n) is 4.16. The quantitative estimate of drug-likeness (QED) is 0.578. The number of hydrogen-bond acceptors (Lipinski definition) is 5. The molecule has 0 spiro atoms. The fourth-order valence-electron chi connectivity index (χ4n) is 2.66. The van der Waals surface area contributed by atoms with Crippen LogP contribution in [0.1, 0.15) is 22.2 Å². The maximum absolute atomic E-state index is 12.4. The summed E-state index contributed by atoms with van der Waals surface area (Å²) in [5.41, 5.74) is 1.79. The van der Waals surface area contributed by atoms with Crippen molar-refractivity contribution >= 4 is 28.3 Å². The summed E-state index contributed by atoms with van der Waals surface area (Å²) in [6.07, 6.45) is 0. The SMILES string of the molecule is Cc1sc(NC(=O)C(C)NC(=O)c2ccccc2)nc1-c1ccc(OC(F)F)cc1. The number of carbonyl (C=O) groups is 2. The molecule has 30 heavy (non-hydrogen) atoms. The van der Waals surface area contributed by atoms with Crippen LogP contribution < -0.4 is 15.4 Å². The van der Waals surface area contributed by atoms with Gasteiger partial charge in [0.25, 0.3) is 5.91 Å². The largest absolute Gasteiger partial charge is 0.435 e. The Hall–Kier alpha value is -3.33. The molecule has 0 bridgehead atoms. The van der Waals surface area contributed by atoms with Gasteiger partial charge in [-0.15, -0.1) is 11.3 Å². The van der Waals surface area contributed by atoms with E-state index >= 15 is 0 Å². The number of hydrogen-bond donors (Lipinski definition) is 2. The van der Waals surface area contributed by atoms with Gasteiger partial charge < -0.3 is 15.4 Å². The number of carbonyl (C=O) groups excluding carboxylic acids is 2. The Kier molecular flexibility index (Phi) is 6.73. The zero-order valence-electron chi connectivity index (χ0n) is 16.2. The number of nitrogens with one attached hydrogen (secondary N) is 2. The Morgan fingerprint density at radius 1 is 1.07 bits per heavy atom. The number of aryl methyl sites for hydroxylation is 1. The van der Waals surface area contributed by atoms with Gasteiger partial charge in [0, 0.05) is 16.0 Å². The summed E-state index contributed by atoms with van der Waals surface area (Å²) in [7, 11) is 0. The summed E-state index contributed by atoms with van der Waals surface area (Å²) < 4.78 is 28.9. The van der Waals surface area contributed by atoms with Crippen molar-refractivity contribution in [2.75, 3.05) is 5.32 Å². The highest BCUT2D eigenvalue weighted by Gasteiger charge is 2.19. The third kappa shape index (κ3) is 5.38. The predicted molar refractivity (Wildman–Crippen MR) is 111 cm³/mol. The van der Waals surface area contributed by atoms with Crippen LogP contribution in [0.5, 0.6) is 5.75 Å². The van der Waals surface area contributed by atoms with Crippen molar-refractivity contribution in [1.82, 2.24) is 10.3 Å². The van der Waals surface area contributed by atoms with Crippen molar-refractivity contribution < 1.29 is 23.1 Å². The average molecular weight is 431 g/mol. The smallest absolute Gasteiger partial charge is 0.387 e. The van der Waals surface area contributed by atoms with Crippen molar-refractivity contribution in [1.29, 1.82) is 0 Å². The van der Waals surface area contributed by atoms with Gasteiger partial charge in [0.2, 0.25) is 5.91 Å². The molecule has 6 nitrogen and oxygen atoms in total. The number of halogens is 2. The normalized spacial score (nSPS) is 11.8. The molecule has 1 atom stereocenters. The van der Waals surface area contributed by atoms with Crippen LogP contribution in [0.3, 0.4) is 0 Å². The van der Waals surface area contributed by atoms with E-state index in [1.54, 1.807) is 49.4 Å². The lowest BCUT2D eigenvalue weighted by Gasteiger charge is -2.13. The molecule has 2 aromatic carbocycles. The lowest BCUT2D eigenvalue weighted by Crippen LogP contribution is -2.41. The zero-order chi connectivity index (χ0) is 21.7. The van der Waals surface area contributed by atoms with E-state index in [-0.39, 0.29) is 11.7 Å². The second-order valence-corrected chi connectivity index (χ2v) is 7.58. The monoisotopic (exact) mass is 431 g/mol. The van der Waals surface area contributed by atoms with E-state index in [0.717, 1.165) is 4.88 Å². The molecule has 0 aliphatic carbocycles. The number of thiazole rings is 1. The van der Waals surface area contributed by atoms with Gasteiger partial charge in [-0.25, -0.2) is 4.98 Å². The minimum Gasteiger partial charge on any atom is -0.435 e. The number of aromatic nitrogens is 1. The van der Waals surface area contributed by atoms with Crippen LogP contribution in [0.25, 0.3) is 11.3 Å². The molecule has 9 heteroatoms. The van der Waals surface area contributed by atoms with Crippen LogP contribution in [0.15, 0.2) is 54.6 Å². The molecule has 2 amide bonds. The van der Waals surface area contributed by atoms with Crippen LogP contribution in [-0.2, 0) is 4.79 Å². The maximum Gasteiger partial charge on any atom is 0.387 e. The van der Waals surface area contributed by atoms with E-state index in [1.807, 2.05) is 6.92 Å². The van der Waals surface area contributed by atoms with Gasteiger partial charge in [0.1, 0.15) is 11.8 Å². The number of ether oxygens (including phenoxy) is 1. The number of amides is 2. The van der Waals surface area contributed by atoms with Gasteiger partial charge in [0.05, 0.1) is 5.69 Å². The van der Waals surface area contributed by atoms with E-state index in [4.69, 9.17) is 0 Å². The van der Waals surface area contributed by atoms with Gasteiger partial charge in [0.15, 0.2) is 5.13 Å². The molecule has 3 aromatic rings. The predicted octanol–water partition coefficient (Wildman–Crippen LogP) is 4.48. The fourth-order valence-corrected chi connectivity index (χ4v) is 3.50. The second kappa shape index (κ2) is 9.45. The summed E-state index contributed by atoms with van der Waals surface area (Å²) in [5.74, 6) is -0.696. The van der Waals surface area contributed by atoms with Crippen molar-refractivity contribution in [3.8, 4) is 17.0 Å². The molecule has 0 fully saturated rings. The van der Waals surface area contributed by atoms with Crippen LogP contribution in [-0.4, -0.2) is 29.5 Å². The van der Waals surface area contributed by atoms with E-state index in [9.17, 15) is 18.4 Å². The number of nitrogens with zero attached hydrogens (tertiary/aromatic N) is 1. The molecule has 0 saturated carbocycles. The Bertz CT molecular complexity index is 1020. The average Bonchev–Trinajstić information content (AvgIpc) is 3.08. The molecule has 0 aliphatic heterocycles. The highest BCUT2D eigenvalue weighted by molar-refractivity contribution is 7.16. The summed E-state index contributed by atoms with van der Waals surface area (Å²) in [5, 5.41) is 5.71. The minimum absolute atomic E-state index is 0.0538. The first-order valence-electron chi connectivity index (χ1n) is 9.03. The molecule has 156 valence electrons. The first kappa shape index (κ1) is 21.4. The van der Waals surface area contributed by atoms with Crippen molar-refractivity contribution in [3.63, 3.8) is 0 Å². The van der Waals surface area contributed by atoms with Crippen LogP contribution in [0.4, 0.5) is 13.9 Å². The Morgan fingerprint density at radius 3 is 2.37 bits per heavy atom. The van der Waals surface area contributed by atoms with Crippen LogP contribution in [0, 0.1) is 6.92 Å². The van der Waals surface area contributed by atoms with Crippen LogP contribution in [0.2, 0.25) is 0 Å². The van der Waals surface area contributed by atoms with Gasteiger partial charge in [-0.05, 0) is 50.2 Å². The Labute approximate surface area is 175 Å². The Balaban J connectivity index is 1.64. The minimum atomic E-state index is -2.89. The lowest BCUT2D eigenvalue weighted by molar-refractivity contribution is -0.117. The van der Waals surface area contributed by atoms with Crippen molar-refractivity contribution in [3.05, 3.63) is 65.0 Å². The number of benzene rings is 2.